The minimum Gasteiger partial charge on any atom is -0.352 e. The minimum atomic E-state index is -0.248. The molecule has 11 heteroatoms. The number of hydrogen-bond acceptors (Lipinski definition) is 7. The number of carbonyl (C=O) groups excluding carboxylic acids is 3. The first-order valence-electron chi connectivity index (χ1n) is 9.34. The Morgan fingerprint density at radius 1 is 1.14 bits per heavy atom. The average Bonchev–Trinajstić information content (AvgIpc) is 3.39. The van der Waals surface area contributed by atoms with Crippen molar-refractivity contribution >= 4 is 35.2 Å². The molecule has 1 fully saturated rings. The van der Waals surface area contributed by atoms with Gasteiger partial charge in [-0.05, 0) is 47.5 Å². The van der Waals surface area contributed by atoms with Gasteiger partial charge in [0.15, 0.2) is 0 Å². The van der Waals surface area contributed by atoms with Crippen LogP contribution in [0.3, 0.4) is 0 Å². The van der Waals surface area contributed by atoms with Gasteiger partial charge < -0.3 is 15.5 Å². The summed E-state index contributed by atoms with van der Waals surface area (Å²) in [6, 6.07) is 6.59. The lowest BCUT2D eigenvalue weighted by atomic mass is 10.2. The van der Waals surface area contributed by atoms with Gasteiger partial charge in [-0.1, -0.05) is 11.8 Å². The number of aromatic nitrogens is 4. The molecule has 0 unspecified atom stereocenters. The van der Waals surface area contributed by atoms with Crippen molar-refractivity contribution in [2.45, 2.75) is 24.4 Å². The molecule has 0 aliphatic carbocycles. The fourth-order valence-corrected chi connectivity index (χ4v) is 3.54. The van der Waals surface area contributed by atoms with Crippen molar-refractivity contribution in [3.63, 3.8) is 0 Å². The second-order valence-electron chi connectivity index (χ2n) is 6.59. The third-order valence-corrected chi connectivity index (χ3v) is 5.44. The fraction of sp³-hybridized carbons (Fsp3) is 0.444. The molecule has 1 saturated heterocycles. The monoisotopic (exact) mass is 417 g/mol. The van der Waals surface area contributed by atoms with Crippen molar-refractivity contribution in [2.24, 2.45) is 7.05 Å². The van der Waals surface area contributed by atoms with Crippen LogP contribution in [0.4, 0.5) is 5.69 Å². The molecule has 2 N–H and O–H groups in total. The van der Waals surface area contributed by atoms with E-state index >= 15 is 0 Å². The van der Waals surface area contributed by atoms with Crippen LogP contribution in [0.15, 0.2) is 29.4 Å². The van der Waals surface area contributed by atoms with Gasteiger partial charge in [-0.2, -0.15) is 0 Å². The number of anilines is 1. The van der Waals surface area contributed by atoms with E-state index in [9.17, 15) is 14.4 Å². The summed E-state index contributed by atoms with van der Waals surface area (Å²) in [7, 11) is 1.70. The molecular formula is C18H23N7O3S. The number of thioether (sulfide) groups is 1. The van der Waals surface area contributed by atoms with E-state index in [1.54, 1.807) is 31.3 Å². The van der Waals surface area contributed by atoms with Crippen molar-refractivity contribution in [1.29, 1.82) is 0 Å². The van der Waals surface area contributed by atoms with Crippen molar-refractivity contribution in [3.8, 4) is 0 Å². The van der Waals surface area contributed by atoms with Crippen molar-refractivity contribution in [3.05, 3.63) is 29.8 Å². The van der Waals surface area contributed by atoms with Crippen molar-refractivity contribution < 1.29 is 14.4 Å². The van der Waals surface area contributed by atoms with Crippen LogP contribution >= 0.6 is 11.8 Å². The summed E-state index contributed by atoms with van der Waals surface area (Å²) >= 11 is 1.23. The molecule has 0 radical (unpaired) electrons. The number of nitrogens with zero attached hydrogens (tertiary/aromatic N) is 5. The van der Waals surface area contributed by atoms with Gasteiger partial charge in [-0.25, -0.2) is 4.68 Å². The Morgan fingerprint density at radius 3 is 2.52 bits per heavy atom. The van der Waals surface area contributed by atoms with E-state index in [0.717, 1.165) is 25.9 Å². The molecule has 2 heterocycles. The summed E-state index contributed by atoms with van der Waals surface area (Å²) in [6.45, 7) is 1.93. The third-order valence-electron chi connectivity index (χ3n) is 4.43. The van der Waals surface area contributed by atoms with Crippen LogP contribution in [0, 0.1) is 0 Å². The highest BCUT2D eigenvalue weighted by Crippen LogP contribution is 2.14. The molecule has 3 rings (SSSR count). The third kappa shape index (κ3) is 6.01. The van der Waals surface area contributed by atoms with Crippen LogP contribution in [0.5, 0.6) is 0 Å². The predicted molar refractivity (Wildman–Crippen MR) is 107 cm³/mol. The highest BCUT2D eigenvalue weighted by atomic mass is 32.2. The molecule has 3 amide bonds. The summed E-state index contributed by atoms with van der Waals surface area (Å²) < 4.78 is 1.49. The van der Waals surface area contributed by atoms with E-state index in [1.807, 2.05) is 4.90 Å². The van der Waals surface area contributed by atoms with E-state index in [1.165, 1.54) is 16.4 Å². The molecule has 154 valence electrons. The number of tetrazole rings is 1. The molecule has 1 aromatic carbocycles. The summed E-state index contributed by atoms with van der Waals surface area (Å²) in [4.78, 5) is 38.0. The first-order chi connectivity index (χ1) is 14.0. The van der Waals surface area contributed by atoms with Gasteiger partial charge in [-0.3, -0.25) is 14.4 Å². The highest BCUT2D eigenvalue weighted by Gasteiger charge is 2.17. The summed E-state index contributed by atoms with van der Waals surface area (Å²) in [5.41, 5.74) is 1.06. The quantitative estimate of drug-likeness (QED) is 0.606. The molecule has 1 aromatic heterocycles. The second kappa shape index (κ2) is 10.0. The number of benzene rings is 1. The van der Waals surface area contributed by atoms with Gasteiger partial charge in [0, 0.05) is 44.4 Å². The van der Waals surface area contributed by atoms with Crippen molar-refractivity contribution in [1.82, 2.24) is 30.4 Å². The van der Waals surface area contributed by atoms with Gasteiger partial charge >= 0.3 is 0 Å². The van der Waals surface area contributed by atoms with Crippen LogP contribution < -0.4 is 10.6 Å². The number of amides is 3. The Balaban J connectivity index is 1.40. The first-order valence-corrected chi connectivity index (χ1v) is 10.3. The zero-order valence-electron chi connectivity index (χ0n) is 16.1. The smallest absolute Gasteiger partial charge is 0.251 e. The molecule has 1 aliphatic heterocycles. The van der Waals surface area contributed by atoms with E-state index in [2.05, 4.69) is 26.2 Å². The lowest BCUT2D eigenvalue weighted by Gasteiger charge is -2.15. The molecule has 10 nitrogen and oxygen atoms in total. The van der Waals surface area contributed by atoms with Crippen LogP contribution in [0.25, 0.3) is 0 Å². The number of likely N-dealkylation sites (tertiary alicyclic amines) is 1. The number of hydrogen-bond donors (Lipinski definition) is 2. The van der Waals surface area contributed by atoms with Gasteiger partial charge in [0.25, 0.3) is 5.91 Å². The Bertz CT molecular complexity index is 863. The fourth-order valence-electron chi connectivity index (χ4n) is 2.89. The normalized spacial score (nSPS) is 13.3. The standard InChI is InChI=1S/C18H23N7O3S/c1-24-18(21-22-23-24)29-12-15(26)20-14-6-4-13(5-7-14)17(28)19-9-8-16(27)25-10-2-3-11-25/h4-7H,2-3,8-12H2,1H3,(H,19,28)(H,20,26). The molecule has 0 saturated carbocycles. The maximum Gasteiger partial charge on any atom is 0.251 e. The number of rotatable bonds is 8. The summed E-state index contributed by atoms with van der Waals surface area (Å²) in [5, 5.41) is 17.1. The number of carbonyl (C=O) groups is 3. The molecule has 1 aliphatic rings. The topological polar surface area (TPSA) is 122 Å². The SMILES string of the molecule is Cn1nnnc1SCC(=O)Nc1ccc(C(=O)NCCC(=O)N2CCCC2)cc1. The van der Waals surface area contributed by atoms with Crippen LogP contribution in [0.1, 0.15) is 29.6 Å². The second-order valence-corrected chi connectivity index (χ2v) is 7.54. The Morgan fingerprint density at radius 2 is 1.86 bits per heavy atom. The van der Waals surface area contributed by atoms with Crippen LogP contribution in [-0.4, -0.2) is 68.2 Å². The Kier molecular flexibility index (Phi) is 7.17. The Hall–Kier alpha value is -2.95. The Labute approximate surface area is 172 Å². The maximum atomic E-state index is 12.2. The zero-order valence-corrected chi connectivity index (χ0v) is 16.9. The first kappa shape index (κ1) is 20.8. The van der Waals surface area contributed by atoms with Crippen LogP contribution in [0.2, 0.25) is 0 Å². The summed E-state index contributed by atoms with van der Waals surface area (Å²) in [5.74, 6) is -0.199. The molecule has 2 aromatic rings. The van der Waals surface area contributed by atoms with Gasteiger partial charge in [0.1, 0.15) is 0 Å². The van der Waals surface area contributed by atoms with Crippen LogP contribution in [-0.2, 0) is 16.6 Å². The zero-order chi connectivity index (χ0) is 20.6. The highest BCUT2D eigenvalue weighted by molar-refractivity contribution is 7.99. The predicted octanol–water partition coefficient (Wildman–Crippen LogP) is 0.683. The number of aryl methyl sites for hydroxylation is 1. The van der Waals surface area contributed by atoms with E-state index in [4.69, 9.17) is 0 Å². The molecule has 0 spiro atoms. The lowest BCUT2D eigenvalue weighted by Crippen LogP contribution is -2.32. The van der Waals surface area contributed by atoms with Crippen molar-refractivity contribution in [2.75, 3.05) is 30.7 Å². The molecular weight excluding hydrogens is 394 g/mol. The van der Waals surface area contributed by atoms with E-state index in [0.29, 0.717) is 29.4 Å². The van der Waals surface area contributed by atoms with E-state index in [-0.39, 0.29) is 23.5 Å². The van der Waals surface area contributed by atoms with Gasteiger partial charge in [0.2, 0.25) is 17.0 Å². The minimum absolute atomic E-state index is 0.0795. The summed E-state index contributed by atoms with van der Waals surface area (Å²) in [6.07, 6.45) is 2.41. The molecule has 29 heavy (non-hydrogen) atoms. The number of nitrogens with one attached hydrogen (secondary N) is 2. The largest absolute Gasteiger partial charge is 0.352 e. The molecule has 0 atom stereocenters. The maximum absolute atomic E-state index is 12.2. The lowest BCUT2D eigenvalue weighted by molar-refractivity contribution is -0.130. The van der Waals surface area contributed by atoms with E-state index < -0.39 is 0 Å². The van der Waals surface area contributed by atoms with Gasteiger partial charge in [-0.15, -0.1) is 5.10 Å². The van der Waals surface area contributed by atoms with Gasteiger partial charge in [0.05, 0.1) is 5.75 Å². The molecule has 0 bridgehead atoms. The average molecular weight is 417 g/mol.